The lowest BCUT2D eigenvalue weighted by atomic mass is 10.2. The van der Waals surface area contributed by atoms with E-state index in [9.17, 15) is 18.0 Å². The molecule has 4 aromatic rings. The van der Waals surface area contributed by atoms with Gasteiger partial charge in [0.1, 0.15) is 11.5 Å². The minimum absolute atomic E-state index is 0.0692. The zero-order valence-corrected chi connectivity index (χ0v) is 22.6. The van der Waals surface area contributed by atoms with E-state index in [1.54, 1.807) is 78.9 Å². The van der Waals surface area contributed by atoms with Crippen molar-refractivity contribution in [3.63, 3.8) is 0 Å². The van der Waals surface area contributed by atoms with Crippen LogP contribution in [-0.2, 0) is 32.7 Å². The average molecular weight is 585 g/mol. The maximum absolute atomic E-state index is 13.4. The molecule has 0 radical (unpaired) electrons. The number of nitrogens with one attached hydrogen (secondary N) is 2. The first-order chi connectivity index (χ1) is 18.7. The van der Waals surface area contributed by atoms with Crippen LogP contribution in [0, 0.1) is 0 Å². The number of rotatable bonds is 9. The summed E-state index contributed by atoms with van der Waals surface area (Å²) < 4.78 is 33.8. The van der Waals surface area contributed by atoms with Crippen molar-refractivity contribution in [2.75, 3.05) is 5.32 Å². The van der Waals surface area contributed by atoms with Gasteiger partial charge in [-0.25, -0.2) is 13.8 Å². The number of hydrogen-bond acceptors (Lipinski definition) is 6. The van der Waals surface area contributed by atoms with Crippen LogP contribution >= 0.6 is 23.2 Å². The van der Waals surface area contributed by atoms with Gasteiger partial charge in [-0.2, -0.15) is 9.41 Å². The Labute approximate surface area is 235 Å². The molecule has 12 heteroatoms. The number of para-hydroxylation sites is 1. The van der Waals surface area contributed by atoms with Crippen LogP contribution in [-0.4, -0.2) is 30.8 Å². The van der Waals surface area contributed by atoms with Gasteiger partial charge in [0.05, 0.1) is 28.4 Å². The number of furan rings is 1. The fourth-order valence-electron chi connectivity index (χ4n) is 3.43. The van der Waals surface area contributed by atoms with Gasteiger partial charge >= 0.3 is 11.8 Å². The molecule has 1 heterocycles. The summed E-state index contributed by atoms with van der Waals surface area (Å²) in [6.45, 7) is 0.00934. The lowest BCUT2D eigenvalue weighted by molar-refractivity contribution is -0.136. The Morgan fingerprint density at radius 2 is 1.54 bits per heavy atom. The van der Waals surface area contributed by atoms with Crippen LogP contribution in [0.25, 0.3) is 0 Å². The maximum atomic E-state index is 13.4. The van der Waals surface area contributed by atoms with Gasteiger partial charge in [-0.15, -0.1) is 0 Å². The predicted octanol–water partition coefficient (Wildman–Crippen LogP) is 5.07. The Hall–Kier alpha value is -3.96. The van der Waals surface area contributed by atoms with Crippen LogP contribution in [0.15, 0.2) is 105 Å². The van der Waals surface area contributed by atoms with E-state index in [0.29, 0.717) is 10.8 Å². The zero-order chi connectivity index (χ0) is 27.8. The van der Waals surface area contributed by atoms with Crippen molar-refractivity contribution in [1.29, 1.82) is 0 Å². The van der Waals surface area contributed by atoms with Crippen LogP contribution in [0.4, 0.5) is 5.69 Å². The number of hydrazone groups is 1. The lowest BCUT2D eigenvalue weighted by Gasteiger charge is -2.21. The molecule has 0 unspecified atom stereocenters. The monoisotopic (exact) mass is 584 g/mol. The molecule has 39 heavy (non-hydrogen) atoms. The molecule has 2 N–H and O–H groups in total. The van der Waals surface area contributed by atoms with Crippen LogP contribution < -0.4 is 10.7 Å². The molecule has 0 bridgehead atoms. The zero-order valence-electron chi connectivity index (χ0n) is 20.3. The van der Waals surface area contributed by atoms with E-state index in [1.807, 2.05) is 0 Å². The summed E-state index contributed by atoms with van der Waals surface area (Å²) in [6.07, 6.45) is 1.19. The second kappa shape index (κ2) is 12.7. The van der Waals surface area contributed by atoms with Crippen molar-refractivity contribution in [2.24, 2.45) is 5.10 Å². The van der Waals surface area contributed by atoms with Crippen molar-refractivity contribution in [3.05, 3.63) is 118 Å². The first kappa shape index (κ1) is 28.1. The Kier molecular flexibility index (Phi) is 9.15. The molecule has 200 valence electrons. The molecule has 0 aliphatic carbocycles. The highest BCUT2D eigenvalue weighted by Gasteiger charge is 2.26. The smallest absolute Gasteiger partial charge is 0.329 e. The topological polar surface area (TPSA) is 121 Å². The van der Waals surface area contributed by atoms with Crippen molar-refractivity contribution in [2.45, 2.75) is 18.0 Å². The van der Waals surface area contributed by atoms with Crippen LogP contribution in [0.2, 0.25) is 10.0 Å². The first-order valence-corrected chi connectivity index (χ1v) is 13.7. The van der Waals surface area contributed by atoms with Gasteiger partial charge in [-0.1, -0.05) is 65.7 Å². The Bertz CT molecular complexity index is 1590. The summed E-state index contributed by atoms with van der Waals surface area (Å²) in [4.78, 5) is 24.3. The van der Waals surface area contributed by atoms with Gasteiger partial charge in [0.15, 0.2) is 0 Å². The van der Waals surface area contributed by atoms with E-state index >= 15 is 0 Å². The molecule has 1 aromatic heterocycles. The second-order valence-corrected chi connectivity index (χ2v) is 10.9. The standard InChI is InChI=1S/C27H22Cl2N4O5S/c28-20-12-10-19(11-13-20)17-33(39(36,37)23-6-2-1-3-7-23)18-22-15-14-21(38-22)16-30-32-27(35)26(34)31-25-9-5-4-8-24(25)29/h1-16H,17-18H2,(H,31,34)(H,32,35)/b30-16+. The predicted molar refractivity (Wildman–Crippen MR) is 149 cm³/mol. The molecule has 3 aromatic carbocycles. The molecule has 0 fully saturated rings. The summed E-state index contributed by atoms with van der Waals surface area (Å²) in [5.74, 6) is -1.39. The normalized spacial score (nSPS) is 11.6. The summed E-state index contributed by atoms with van der Waals surface area (Å²) in [6, 6.07) is 24.6. The molecule has 9 nitrogen and oxygen atoms in total. The van der Waals surface area contributed by atoms with Gasteiger partial charge in [0, 0.05) is 11.6 Å². The van der Waals surface area contributed by atoms with Crippen molar-refractivity contribution in [3.8, 4) is 0 Å². The molecule has 0 saturated carbocycles. The van der Waals surface area contributed by atoms with Gasteiger partial charge in [0.2, 0.25) is 10.0 Å². The molecule has 0 saturated heterocycles. The molecule has 0 atom stereocenters. The summed E-state index contributed by atoms with van der Waals surface area (Å²) in [5, 5.41) is 6.94. The number of sulfonamides is 1. The van der Waals surface area contributed by atoms with Gasteiger partial charge < -0.3 is 9.73 Å². The number of benzene rings is 3. The second-order valence-electron chi connectivity index (χ2n) is 8.15. The third-order valence-corrected chi connectivity index (χ3v) is 7.74. The molecule has 0 aliphatic heterocycles. The van der Waals surface area contributed by atoms with E-state index in [4.69, 9.17) is 27.6 Å². The van der Waals surface area contributed by atoms with Crippen molar-refractivity contribution in [1.82, 2.24) is 9.73 Å². The molecular weight excluding hydrogens is 563 g/mol. The van der Waals surface area contributed by atoms with Gasteiger partial charge in [-0.3, -0.25) is 9.59 Å². The van der Waals surface area contributed by atoms with Gasteiger partial charge in [0.25, 0.3) is 0 Å². The average Bonchev–Trinajstić information content (AvgIpc) is 3.38. The third kappa shape index (κ3) is 7.55. The highest BCUT2D eigenvalue weighted by Crippen LogP contribution is 2.23. The first-order valence-electron chi connectivity index (χ1n) is 11.5. The summed E-state index contributed by atoms with van der Waals surface area (Å²) >= 11 is 11.9. The van der Waals surface area contributed by atoms with Crippen LogP contribution in [0.5, 0.6) is 0 Å². The van der Waals surface area contributed by atoms with Crippen molar-refractivity contribution < 1.29 is 22.4 Å². The minimum Gasteiger partial charge on any atom is -0.459 e. The number of hydrogen-bond donors (Lipinski definition) is 2. The van der Waals surface area contributed by atoms with E-state index in [2.05, 4.69) is 15.8 Å². The number of carbonyl (C=O) groups is 2. The highest BCUT2D eigenvalue weighted by molar-refractivity contribution is 7.89. The third-order valence-electron chi connectivity index (χ3n) is 5.35. The Morgan fingerprint density at radius 3 is 2.26 bits per heavy atom. The minimum atomic E-state index is -3.87. The molecule has 4 rings (SSSR count). The Balaban J connectivity index is 1.43. The van der Waals surface area contributed by atoms with E-state index in [-0.39, 0.29) is 34.5 Å². The fraction of sp³-hybridized carbons (Fsp3) is 0.0741. The summed E-state index contributed by atoms with van der Waals surface area (Å²) in [7, 11) is -3.87. The highest BCUT2D eigenvalue weighted by atomic mass is 35.5. The molecule has 0 aliphatic rings. The number of halogens is 2. The Morgan fingerprint density at radius 1 is 0.846 bits per heavy atom. The number of nitrogens with zero attached hydrogens (tertiary/aromatic N) is 2. The molecule has 0 spiro atoms. The van der Waals surface area contributed by atoms with E-state index < -0.39 is 21.8 Å². The lowest BCUT2D eigenvalue weighted by Crippen LogP contribution is -2.32. The van der Waals surface area contributed by atoms with E-state index in [1.165, 1.54) is 22.7 Å². The van der Waals surface area contributed by atoms with Crippen LogP contribution in [0.1, 0.15) is 17.1 Å². The van der Waals surface area contributed by atoms with E-state index in [0.717, 1.165) is 5.56 Å². The SMILES string of the molecule is O=C(N/N=C/c1ccc(CN(Cc2ccc(Cl)cc2)S(=O)(=O)c2ccccc2)o1)C(=O)Nc1ccccc1Cl. The number of carbonyl (C=O) groups excluding carboxylic acids is 2. The maximum Gasteiger partial charge on any atom is 0.329 e. The molecular formula is C27H22Cl2N4O5S. The quantitative estimate of drug-likeness (QED) is 0.162. The number of amides is 2. The van der Waals surface area contributed by atoms with Crippen molar-refractivity contribution >= 4 is 56.9 Å². The van der Waals surface area contributed by atoms with Gasteiger partial charge in [-0.05, 0) is 54.1 Å². The summed E-state index contributed by atoms with van der Waals surface area (Å²) in [5.41, 5.74) is 3.13. The van der Waals surface area contributed by atoms with Crippen LogP contribution in [0.3, 0.4) is 0 Å². The fourth-order valence-corrected chi connectivity index (χ4v) is 5.15. The molecule has 2 amide bonds. The number of anilines is 1. The largest absolute Gasteiger partial charge is 0.459 e.